The maximum absolute atomic E-state index is 12.5. The highest BCUT2D eigenvalue weighted by Gasteiger charge is 2.39. The Labute approximate surface area is 179 Å². The van der Waals surface area contributed by atoms with Gasteiger partial charge >= 0.3 is 6.03 Å². The number of likely N-dealkylation sites (tertiary alicyclic amines) is 1. The highest BCUT2D eigenvalue weighted by atomic mass is 16.7. The second kappa shape index (κ2) is 8.15. The van der Waals surface area contributed by atoms with Gasteiger partial charge < -0.3 is 10.2 Å². The highest BCUT2D eigenvalue weighted by molar-refractivity contribution is 5.74. The van der Waals surface area contributed by atoms with Gasteiger partial charge in [-0.05, 0) is 28.2 Å². The summed E-state index contributed by atoms with van der Waals surface area (Å²) in [6, 6.07) is 18.6. The molecule has 0 atom stereocenters. The fourth-order valence-corrected chi connectivity index (χ4v) is 3.99. The first-order valence-corrected chi connectivity index (χ1v) is 10.7. The van der Waals surface area contributed by atoms with Gasteiger partial charge in [-0.3, -0.25) is 10.3 Å². The Morgan fingerprint density at radius 3 is 2.37 bits per heavy atom. The second-order valence-corrected chi connectivity index (χ2v) is 9.29. The summed E-state index contributed by atoms with van der Waals surface area (Å²) in [6.07, 6.45) is 3.75. The molecule has 0 saturated carbocycles. The highest BCUT2D eigenvalue weighted by Crippen LogP contribution is 2.35. The van der Waals surface area contributed by atoms with Crippen molar-refractivity contribution in [1.82, 2.24) is 15.7 Å². The Hall–Kier alpha value is -2.79. The van der Waals surface area contributed by atoms with E-state index in [0.29, 0.717) is 19.6 Å². The average Bonchev–Trinajstić information content (AvgIpc) is 3.16. The lowest BCUT2D eigenvalue weighted by Crippen LogP contribution is -2.49. The number of hydroxylamine groups is 1. The molecule has 2 aromatic rings. The lowest BCUT2D eigenvalue weighted by atomic mass is 9.86. The Morgan fingerprint density at radius 2 is 1.73 bits per heavy atom. The summed E-state index contributed by atoms with van der Waals surface area (Å²) < 4.78 is 0. The fourth-order valence-electron chi connectivity index (χ4n) is 3.99. The summed E-state index contributed by atoms with van der Waals surface area (Å²) in [6.45, 7) is 8.56. The van der Waals surface area contributed by atoms with E-state index in [-0.39, 0.29) is 17.0 Å². The Balaban J connectivity index is 1.34. The first-order valence-electron chi connectivity index (χ1n) is 10.7. The van der Waals surface area contributed by atoms with Gasteiger partial charge in [-0.2, -0.15) is 0 Å². The SMILES string of the molecule is CC(C)(C)c1ccc(C2=CC3(CCN(C(=O)NCc4ccccc4)CC3)ON2)cc1. The number of hydrogen-bond acceptors (Lipinski definition) is 3. The molecule has 1 spiro atoms. The largest absolute Gasteiger partial charge is 0.334 e. The summed E-state index contributed by atoms with van der Waals surface area (Å²) in [4.78, 5) is 20.4. The van der Waals surface area contributed by atoms with Gasteiger partial charge in [-0.1, -0.05) is 75.4 Å². The van der Waals surface area contributed by atoms with Crippen LogP contribution in [-0.4, -0.2) is 29.6 Å². The molecular weight excluding hydrogens is 374 g/mol. The van der Waals surface area contributed by atoms with E-state index >= 15 is 0 Å². The van der Waals surface area contributed by atoms with Crippen molar-refractivity contribution in [2.75, 3.05) is 13.1 Å². The molecule has 0 unspecified atom stereocenters. The zero-order valence-corrected chi connectivity index (χ0v) is 18.1. The molecule has 2 heterocycles. The molecule has 30 heavy (non-hydrogen) atoms. The van der Waals surface area contributed by atoms with E-state index in [9.17, 15) is 4.79 Å². The molecule has 158 valence electrons. The number of rotatable bonds is 3. The van der Waals surface area contributed by atoms with Crippen molar-refractivity contribution in [3.63, 3.8) is 0 Å². The van der Waals surface area contributed by atoms with Crippen molar-refractivity contribution in [3.05, 3.63) is 77.4 Å². The normalized spacial score (nSPS) is 18.1. The number of benzene rings is 2. The van der Waals surface area contributed by atoms with Crippen molar-refractivity contribution in [3.8, 4) is 0 Å². The van der Waals surface area contributed by atoms with Gasteiger partial charge in [0.05, 0.1) is 5.70 Å². The lowest BCUT2D eigenvalue weighted by Gasteiger charge is -2.36. The lowest BCUT2D eigenvalue weighted by molar-refractivity contribution is -0.0639. The zero-order valence-electron chi connectivity index (χ0n) is 18.1. The summed E-state index contributed by atoms with van der Waals surface area (Å²) in [5, 5.41) is 3.01. The quantitative estimate of drug-likeness (QED) is 0.784. The number of carbonyl (C=O) groups excluding carboxylic acids is 1. The molecule has 2 N–H and O–H groups in total. The molecule has 1 fully saturated rings. The summed E-state index contributed by atoms with van der Waals surface area (Å²) in [5.74, 6) is 0. The van der Waals surface area contributed by atoms with Crippen LogP contribution in [0, 0.1) is 0 Å². The molecule has 0 aliphatic carbocycles. The van der Waals surface area contributed by atoms with E-state index < -0.39 is 0 Å². The van der Waals surface area contributed by atoms with Crippen molar-refractivity contribution in [2.24, 2.45) is 0 Å². The Morgan fingerprint density at radius 1 is 1.07 bits per heavy atom. The molecule has 0 radical (unpaired) electrons. The van der Waals surface area contributed by atoms with Crippen molar-refractivity contribution in [2.45, 2.75) is 51.2 Å². The maximum Gasteiger partial charge on any atom is 0.317 e. The molecule has 2 aliphatic heterocycles. The number of amides is 2. The number of urea groups is 1. The van der Waals surface area contributed by atoms with Gasteiger partial charge in [0.25, 0.3) is 0 Å². The van der Waals surface area contributed by atoms with Gasteiger partial charge in [0.1, 0.15) is 5.60 Å². The van der Waals surface area contributed by atoms with Gasteiger partial charge in [0.15, 0.2) is 0 Å². The van der Waals surface area contributed by atoms with Crippen molar-refractivity contribution >= 4 is 11.7 Å². The third kappa shape index (κ3) is 4.51. The van der Waals surface area contributed by atoms with E-state index in [1.807, 2.05) is 35.2 Å². The minimum atomic E-state index is -0.339. The molecular formula is C25H31N3O2. The van der Waals surface area contributed by atoms with Crippen LogP contribution in [0.25, 0.3) is 5.70 Å². The predicted octanol–water partition coefficient (Wildman–Crippen LogP) is 4.60. The van der Waals surface area contributed by atoms with Crippen molar-refractivity contribution in [1.29, 1.82) is 0 Å². The predicted molar refractivity (Wildman–Crippen MR) is 120 cm³/mol. The van der Waals surface area contributed by atoms with Gasteiger partial charge in [0, 0.05) is 32.5 Å². The molecule has 1 saturated heterocycles. The van der Waals surface area contributed by atoms with Crippen LogP contribution in [-0.2, 0) is 16.8 Å². The van der Waals surface area contributed by atoms with Crippen LogP contribution in [0.5, 0.6) is 0 Å². The van der Waals surface area contributed by atoms with Crippen LogP contribution in [0.1, 0.15) is 50.3 Å². The molecule has 4 rings (SSSR count). The van der Waals surface area contributed by atoms with Crippen LogP contribution in [0.15, 0.2) is 60.7 Å². The fraction of sp³-hybridized carbons (Fsp3) is 0.400. The van der Waals surface area contributed by atoms with Gasteiger partial charge in [-0.25, -0.2) is 4.79 Å². The number of nitrogens with one attached hydrogen (secondary N) is 2. The minimum absolute atomic E-state index is 0.0124. The topological polar surface area (TPSA) is 53.6 Å². The van der Waals surface area contributed by atoms with Crippen LogP contribution in [0.4, 0.5) is 4.79 Å². The van der Waals surface area contributed by atoms with Crippen LogP contribution in [0.3, 0.4) is 0 Å². The summed E-state index contributed by atoms with van der Waals surface area (Å²) in [7, 11) is 0. The summed E-state index contributed by atoms with van der Waals surface area (Å²) >= 11 is 0. The Kier molecular flexibility index (Phi) is 5.56. The minimum Gasteiger partial charge on any atom is -0.334 e. The maximum atomic E-state index is 12.5. The van der Waals surface area contributed by atoms with E-state index in [1.54, 1.807) is 0 Å². The van der Waals surface area contributed by atoms with Crippen LogP contribution >= 0.6 is 0 Å². The van der Waals surface area contributed by atoms with Gasteiger partial charge in [-0.15, -0.1) is 0 Å². The molecule has 5 heteroatoms. The third-order valence-electron chi connectivity index (χ3n) is 6.02. The zero-order chi connectivity index (χ0) is 21.2. The molecule has 2 amide bonds. The molecule has 5 nitrogen and oxygen atoms in total. The van der Waals surface area contributed by atoms with E-state index in [2.05, 4.69) is 61.9 Å². The smallest absolute Gasteiger partial charge is 0.317 e. The number of carbonyl (C=O) groups is 1. The van der Waals surface area contributed by atoms with Crippen LogP contribution < -0.4 is 10.8 Å². The third-order valence-corrected chi connectivity index (χ3v) is 6.02. The summed E-state index contributed by atoms with van der Waals surface area (Å²) in [5.41, 5.74) is 7.48. The standard InChI is InChI=1S/C25H31N3O2/c1-24(2,3)21-11-9-20(10-12-21)22-17-25(30-27-22)13-15-28(16-14-25)23(29)26-18-19-7-5-4-6-8-19/h4-12,17,27H,13-16,18H2,1-3H3,(H,26,29). The number of nitrogens with zero attached hydrogens (tertiary/aromatic N) is 1. The first-order chi connectivity index (χ1) is 14.3. The molecule has 0 bridgehead atoms. The molecule has 2 aliphatic rings. The first kappa shape index (κ1) is 20.5. The van der Waals surface area contributed by atoms with E-state index in [0.717, 1.165) is 29.7 Å². The average molecular weight is 406 g/mol. The monoisotopic (exact) mass is 405 g/mol. The number of hydrogen-bond donors (Lipinski definition) is 2. The Bertz CT molecular complexity index is 906. The van der Waals surface area contributed by atoms with E-state index in [1.165, 1.54) is 5.56 Å². The van der Waals surface area contributed by atoms with Crippen LogP contribution in [0.2, 0.25) is 0 Å². The molecule has 2 aromatic carbocycles. The second-order valence-electron chi connectivity index (χ2n) is 9.29. The van der Waals surface area contributed by atoms with Gasteiger partial charge in [0.2, 0.25) is 0 Å². The molecule has 0 aromatic heterocycles. The van der Waals surface area contributed by atoms with Crippen molar-refractivity contribution < 1.29 is 9.63 Å². The van der Waals surface area contributed by atoms with E-state index in [4.69, 9.17) is 4.84 Å². The number of piperidine rings is 1.